The topological polar surface area (TPSA) is 106 Å². The molecule has 2 heterocycles. The highest BCUT2D eigenvalue weighted by molar-refractivity contribution is 5.84. The van der Waals surface area contributed by atoms with E-state index in [-0.39, 0.29) is 31.4 Å². The molecular formula is C22H28N6O3. The molecular weight excluding hydrogens is 396 g/mol. The number of hydrogen-bond acceptors (Lipinski definition) is 6. The highest BCUT2D eigenvalue weighted by Crippen LogP contribution is 2.14. The van der Waals surface area contributed by atoms with Crippen molar-refractivity contribution in [1.82, 2.24) is 30.4 Å². The maximum atomic E-state index is 12.9. The van der Waals surface area contributed by atoms with Crippen LogP contribution in [0.15, 0.2) is 47.1 Å². The van der Waals surface area contributed by atoms with E-state index in [4.69, 9.17) is 4.42 Å². The third-order valence-electron chi connectivity index (χ3n) is 4.70. The van der Waals surface area contributed by atoms with Crippen LogP contribution in [0.4, 0.5) is 0 Å². The highest BCUT2D eigenvalue weighted by Gasteiger charge is 2.20. The first kappa shape index (κ1) is 22.2. The predicted octanol–water partition coefficient (Wildman–Crippen LogP) is 2.43. The number of hydrogen-bond donors (Lipinski definition) is 1. The average Bonchev–Trinajstić information content (AvgIpc) is 3.40. The minimum absolute atomic E-state index is 0.0723. The van der Waals surface area contributed by atoms with E-state index in [1.807, 2.05) is 31.2 Å². The standard InChI is InChI=1S/C22H28N6O3/c1-16(2)10-11-23-20(29)14-27(13-19-5-4-12-31-19)21(30)15-28-25-22(24-26-28)18-8-6-17(3)7-9-18/h4-9,12,16H,10-11,13-15H2,1-3H3,(H,23,29). The van der Waals surface area contributed by atoms with Gasteiger partial charge in [-0.25, -0.2) is 0 Å². The molecule has 0 aliphatic carbocycles. The van der Waals surface area contributed by atoms with E-state index in [0.717, 1.165) is 17.5 Å². The summed E-state index contributed by atoms with van der Waals surface area (Å²) < 4.78 is 5.35. The second kappa shape index (κ2) is 10.5. The lowest BCUT2D eigenvalue weighted by Crippen LogP contribution is -2.42. The number of rotatable bonds is 10. The lowest BCUT2D eigenvalue weighted by atomic mass is 10.1. The lowest BCUT2D eigenvalue weighted by Gasteiger charge is -2.21. The summed E-state index contributed by atoms with van der Waals surface area (Å²) in [5.41, 5.74) is 1.95. The van der Waals surface area contributed by atoms with Crippen LogP contribution in [-0.2, 0) is 22.7 Å². The third kappa shape index (κ3) is 6.77. The lowest BCUT2D eigenvalue weighted by molar-refractivity contribution is -0.137. The van der Waals surface area contributed by atoms with Crippen LogP contribution in [0.25, 0.3) is 11.4 Å². The minimum Gasteiger partial charge on any atom is -0.467 e. The van der Waals surface area contributed by atoms with Gasteiger partial charge in [-0.05, 0) is 36.6 Å². The molecule has 3 aromatic rings. The van der Waals surface area contributed by atoms with E-state index >= 15 is 0 Å². The summed E-state index contributed by atoms with van der Waals surface area (Å²) in [6.45, 7) is 6.74. The number of aromatic nitrogens is 4. The maximum absolute atomic E-state index is 12.9. The van der Waals surface area contributed by atoms with E-state index in [1.54, 1.807) is 12.1 Å². The molecule has 164 valence electrons. The van der Waals surface area contributed by atoms with Crippen molar-refractivity contribution in [3.05, 3.63) is 54.0 Å². The number of furan rings is 1. The molecule has 2 aromatic heterocycles. The number of nitrogens with zero attached hydrogens (tertiary/aromatic N) is 5. The molecule has 1 N–H and O–H groups in total. The normalized spacial score (nSPS) is 11.0. The van der Waals surface area contributed by atoms with Crippen molar-refractivity contribution in [2.24, 2.45) is 5.92 Å². The van der Waals surface area contributed by atoms with Crippen LogP contribution >= 0.6 is 0 Å². The number of carbonyl (C=O) groups is 2. The van der Waals surface area contributed by atoms with E-state index in [9.17, 15) is 9.59 Å². The summed E-state index contributed by atoms with van der Waals surface area (Å²) in [5.74, 6) is 1.00. The van der Waals surface area contributed by atoms with Crippen LogP contribution < -0.4 is 5.32 Å². The molecule has 0 saturated heterocycles. The molecule has 0 fully saturated rings. The van der Waals surface area contributed by atoms with E-state index in [1.165, 1.54) is 16.0 Å². The number of carbonyl (C=O) groups excluding carboxylic acids is 2. The molecule has 0 saturated carbocycles. The Bertz CT molecular complexity index is 979. The maximum Gasteiger partial charge on any atom is 0.247 e. The summed E-state index contributed by atoms with van der Waals surface area (Å²) in [5, 5.41) is 15.2. The zero-order valence-corrected chi connectivity index (χ0v) is 18.1. The van der Waals surface area contributed by atoms with Gasteiger partial charge in [0.15, 0.2) is 0 Å². The summed E-state index contributed by atoms with van der Waals surface area (Å²) >= 11 is 0. The van der Waals surface area contributed by atoms with Gasteiger partial charge in [0.25, 0.3) is 0 Å². The summed E-state index contributed by atoms with van der Waals surface area (Å²) in [7, 11) is 0. The average molecular weight is 425 g/mol. The van der Waals surface area contributed by atoms with Gasteiger partial charge in [-0.3, -0.25) is 9.59 Å². The van der Waals surface area contributed by atoms with Crippen LogP contribution in [-0.4, -0.2) is 50.0 Å². The van der Waals surface area contributed by atoms with Gasteiger partial charge in [-0.2, -0.15) is 4.80 Å². The fourth-order valence-electron chi connectivity index (χ4n) is 2.90. The Kier molecular flexibility index (Phi) is 7.53. The Labute approximate surface area is 181 Å². The van der Waals surface area contributed by atoms with Crippen LogP contribution in [0, 0.1) is 12.8 Å². The van der Waals surface area contributed by atoms with Crippen molar-refractivity contribution in [1.29, 1.82) is 0 Å². The van der Waals surface area contributed by atoms with Crippen LogP contribution in [0.5, 0.6) is 0 Å². The second-order valence-corrected chi connectivity index (χ2v) is 7.87. The Morgan fingerprint density at radius 3 is 2.65 bits per heavy atom. The van der Waals surface area contributed by atoms with Crippen molar-refractivity contribution in [3.63, 3.8) is 0 Å². The van der Waals surface area contributed by atoms with Gasteiger partial charge in [0.1, 0.15) is 18.8 Å². The molecule has 3 rings (SSSR count). The molecule has 0 atom stereocenters. The van der Waals surface area contributed by atoms with Crippen molar-refractivity contribution in [2.75, 3.05) is 13.1 Å². The Morgan fingerprint density at radius 1 is 1.19 bits per heavy atom. The van der Waals surface area contributed by atoms with Gasteiger partial charge < -0.3 is 14.6 Å². The Balaban J connectivity index is 1.65. The molecule has 31 heavy (non-hydrogen) atoms. The number of amides is 2. The number of tetrazole rings is 1. The molecule has 0 radical (unpaired) electrons. The predicted molar refractivity (Wildman–Crippen MR) is 115 cm³/mol. The quantitative estimate of drug-likeness (QED) is 0.536. The van der Waals surface area contributed by atoms with Gasteiger partial charge >= 0.3 is 0 Å². The van der Waals surface area contributed by atoms with Crippen molar-refractivity contribution in [2.45, 2.75) is 40.3 Å². The Morgan fingerprint density at radius 2 is 1.97 bits per heavy atom. The summed E-state index contributed by atoms with van der Waals surface area (Å²) in [4.78, 5) is 27.9. The first-order valence-electron chi connectivity index (χ1n) is 10.3. The first-order chi connectivity index (χ1) is 14.9. The van der Waals surface area contributed by atoms with Gasteiger partial charge in [-0.15, -0.1) is 10.2 Å². The van der Waals surface area contributed by atoms with Crippen LogP contribution in [0.3, 0.4) is 0 Å². The molecule has 0 unspecified atom stereocenters. The molecule has 1 aromatic carbocycles. The van der Waals surface area contributed by atoms with Crippen LogP contribution in [0.1, 0.15) is 31.6 Å². The minimum atomic E-state index is -0.303. The molecule has 0 spiro atoms. The number of benzene rings is 1. The van der Waals surface area contributed by atoms with E-state index < -0.39 is 0 Å². The molecule has 0 bridgehead atoms. The first-order valence-corrected chi connectivity index (χ1v) is 10.3. The summed E-state index contributed by atoms with van der Waals surface area (Å²) in [6, 6.07) is 11.2. The SMILES string of the molecule is Cc1ccc(-c2nnn(CC(=O)N(CC(=O)NCCC(C)C)Cc3ccco3)n2)cc1. The van der Waals surface area contributed by atoms with Crippen LogP contribution in [0.2, 0.25) is 0 Å². The monoisotopic (exact) mass is 424 g/mol. The number of aryl methyl sites for hydroxylation is 1. The highest BCUT2D eigenvalue weighted by atomic mass is 16.3. The van der Waals surface area contributed by atoms with Gasteiger partial charge in [-0.1, -0.05) is 43.7 Å². The van der Waals surface area contributed by atoms with E-state index in [2.05, 4.69) is 34.6 Å². The fraction of sp³-hybridized carbons (Fsp3) is 0.409. The van der Waals surface area contributed by atoms with Gasteiger partial charge in [0.2, 0.25) is 17.6 Å². The Hall–Kier alpha value is -3.49. The zero-order valence-electron chi connectivity index (χ0n) is 18.1. The van der Waals surface area contributed by atoms with Crippen molar-refractivity contribution < 1.29 is 14.0 Å². The van der Waals surface area contributed by atoms with Gasteiger partial charge in [0, 0.05) is 12.1 Å². The summed E-state index contributed by atoms with van der Waals surface area (Å²) in [6.07, 6.45) is 2.41. The molecule has 0 aliphatic heterocycles. The molecule has 9 nitrogen and oxygen atoms in total. The smallest absolute Gasteiger partial charge is 0.247 e. The van der Waals surface area contributed by atoms with Gasteiger partial charge in [0.05, 0.1) is 12.8 Å². The largest absolute Gasteiger partial charge is 0.467 e. The third-order valence-corrected chi connectivity index (χ3v) is 4.70. The molecule has 2 amide bonds. The van der Waals surface area contributed by atoms with E-state index in [0.29, 0.717) is 24.0 Å². The van der Waals surface area contributed by atoms with Crippen molar-refractivity contribution in [3.8, 4) is 11.4 Å². The second-order valence-electron chi connectivity index (χ2n) is 7.87. The molecule has 9 heteroatoms. The zero-order chi connectivity index (χ0) is 22.2. The molecule has 0 aliphatic rings. The fourth-order valence-corrected chi connectivity index (χ4v) is 2.90. The number of nitrogens with one attached hydrogen (secondary N) is 1. The van der Waals surface area contributed by atoms with Crippen molar-refractivity contribution >= 4 is 11.8 Å².